The molecule has 0 atom stereocenters. The van der Waals surface area contributed by atoms with Crippen molar-refractivity contribution >= 4 is 29.2 Å². The lowest BCUT2D eigenvalue weighted by molar-refractivity contribution is 0.414. The zero-order chi connectivity index (χ0) is 23.8. The zero-order valence-electron chi connectivity index (χ0n) is 19.4. The normalized spacial score (nSPS) is 11.5. The van der Waals surface area contributed by atoms with Crippen LogP contribution in [0.3, 0.4) is 0 Å². The van der Waals surface area contributed by atoms with Crippen molar-refractivity contribution in [2.45, 2.75) is 6.42 Å². The molecule has 4 aromatic rings. The number of aliphatic imine (C=N–C) groups is 1. The van der Waals surface area contributed by atoms with Crippen LogP contribution < -0.4 is 15.2 Å². The Morgan fingerprint density at radius 3 is 1.82 bits per heavy atom. The van der Waals surface area contributed by atoms with Crippen molar-refractivity contribution in [2.24, 2.45) is 4.99 Å². The molecule has 0 radical (unpaired) electrons. The van der Waals surface area contributed by atoms with Crippen molar-refractivity contribution in [1.29, 1.82) is 0 Å². The van der Waals surface area contributed by atoms with Crippen LogP contribution in [-0.2, 0) is 6.42 Å². The maximum Gasteiger partial charge on any atom is 0.118 e. The fourth-order valence-electron chi connectivity index (χ4n) is 3.59. The predicted molar refractivity (Wildman–Crippen MR) is 142 cm³/mol. The summed E-state index contributed by atoms with van der Waals surface area (Å²) in [5.74, 6) is 1.68. The number of nitrogens with zero attached hydrogens (tertiary/aromatic N) is 1. The number of rotatable bonds is 8. The van der Waals surface area contributed by atoms with Gasteiger partial charge in [0, 0.05) is 11.9 Å². The first-order chi connectivity index (χ1) is 16.6. The van der Waals surface area contributed by atoms with Gasteiger partial charge in [-0.15, -0.1) is 0 Å². The minimum absolute atomic E-state index is 0.767. The fraction of sp³-hybridized carbons (Fsp3) is 0.100. The number of hydrogen-bond acceptors (Lipinski definition) is 4. The minimum Gasteiger partial charge on any atom is -0.497 e. The molecule has 4 rings (SSSR count). The third-order valence-corrected chi connectivity index (χ3v) is 5.55. The van der Waals surface area contributed by atoms with Crippen molar-refractivity contribution < 1.29 is 9.47 Å². The highest BCUT2D eigenvalue weighted by Crippen LogP contribution is 2.26. The lowest BCUT2D eigenvalue weighted by atomic mass is 9.95. The molecule has 4 nitrogen and oxygen atoms in total. The molecular formula is C30H28N2O2. The van der Waals surface area contributed by atoms with Crippen LogP contribution >= 0.6 is 0 Å². The van der Waals surface area contributed by atoms with E-state index in [1.54, 1.807) is 14.2 Å². The van der Waals surface area contributed by atoms with E-state index in [-0.39, 0.29) is 0 Å². The molecule has 0 aliphatic heterocycles. The third-order valence-electron chi connectivity index (χ3n) is 5.55. The smallest absolute Gasteiger partial charge is 0.118 e. The van der Waals surface area contributed by atoms with E-state index in [1.807, 2.05) is 66.9 Å². The molecule has 0 heterocycles. The third kappa shape index (κ3) is 6.14. The van der Waals surface area contributed by atoms with E-state index >= 15 is 0 Å². The number of nitrogen functional groups attached to an aromatic ring is 1. The summed E-state index contributed by atoms with van der Waals surface area (Å²) in [6.45, 7) is 0. The lowest BCUT2D eigenvalue weighted by Gasteiger charge is -2.10. The number of ether oxygens (including phenoxy) is 2. The summed E-state index contributed by atoms with van der Waals surface area (Å²) < 4.78 is 10.5. The van der Waals surface area contributed by atoms with Crippen LogP contribution in [0.4, 0.5) is 11.4 Å². The van der Waals surface area contributed by atoms with E-state index in [1.165, 1.54) is 11.1 Å². The SMILES string of the molecule is COc1ccc(C=Nc2ccc(C(=Cc3ccc(OC)cc3)Cc3ccc(N)cc3)cc2)cc1. The number of nitrogens with two attached hydrogens (primary N) is 1. The number of hydrogen-bond donors (Lipinski definition) is 1. The Balaban J connectivity index is 1.58. The second kappa shape index (κ2) is 11.0. The number of methoxy groups -OCH3 is 2. The molecule has 0 saturated carbocycles. The van der Waals surface area contributed by atoms with Gasteiger partial charge in [0.1, 0.15) is 11.5 Å². The molecule has 34 heavy (non-hydrogen) atoms. The standard InChI is InChI=1S/C30H28N2O2/c1-33-29-15-5-23(6-16-29)20-26(19-22-3-11-27(31)12-4-22)25-9-13-28(14-10-25)32-21-24-7-17-30(34-2)18-8-24/h3-18,20-21H,19,31H2,1-2H3. The Kier molecular flexibility index (Phi) is 7.41. The van der Waals surface area contributed by atoms with E-state index in [0.29, 0.717) is 0 Å². The highest BCUT2D eigenvalue weighted by atomic mass is 16.5. The molecule has 0 unspecified atom stereocenters. The second-order valence-electron chi connectivity index (χ2n) is 7.94. The number of anilines is 1. The average molecular weight is 449 g/mol. The maximum atomic E-state index is 5.88. The van der Waals surface area contributed by atoms with Crippen molar-refractivity contribution in [1.82, 2.24) is 0 Å². The van der Waals surface area contributed by atoms with Crippen LogP contribution in [0, 0.1) is 0 Å². The molecule has 4 aromatic carbocycles. The molecule has 0 amide bonds. The Morgan fingerprint density at radius 1 is 0.706 bits per heavy atom. The summed E-state index contributed by atoms with van der Waals surface area (Å²) in [6.07, 6.45) is 4.86. The molecule has 2 N–H and O–H groups in total. The van der Waals surface area contributed by atoms with Crippen molar-refractivity contribution in [2.75, 3.05) is 20.0 Å². The first-order valence-corrected chi connectivity index (χ1v) is 11.1. The van der Waals surface area contributed by atoms with E-state index < -0.39 is 0 Å². The highest BCUT2D eigenvalue weighted by Gasteiger charge is 2.06. The van der Waals surface area contributed by atoms with Crippen LogP contribution in [0.15, 0.2) is 102 Å². The topological polar surface area (TPSA) is 56.8 Å². The molecule has 0 spiro atoms. The van der Waals surface area contributed by atoms with Gasteiger partial charge in [-0.25, -0.2) is 0 Å². The van der Waals surface area contributed by atoms with Crippen LogP contribution in [0.2, 0.25) is 0 Å². The van der Waals surface area contributed by atoms with Gasteiger partial charge in [-0.2, -0.15) is 0 Å². The molecule has 4 heteroatoms. The van der Waals surface area contributed by atoms with Crippen LogP contribution in [0.1, 0.15) is 22.3 Å². The quantitative estimate of drug-likeness (QED) is 0.183. The monoisotopic (exact) mass is 448 g/mol. The van der Waals surface area contributed by atoms with Gasteiger partial charge in [0.05, 0.1) is 19.9 Å². The first kappa shape index (κ1) is 22.9. The molecule has 0 saturated heterocycles. The summed E-state index contributed by atoms with van der Waals surface area (Å²) in [6, 6.07) is 32.3. The van der Waals surface area contributed by atoms with E-state index in [9.17, 15) is 0 Å². The number of allylic oxidation sites excluding steroid dienone is 1. The summed E-state index contributed by atoms with van der Waals surface area (Å²) >= 11 is 0. The molecule has 0 fully saturated rings. The van der Waals surface area contributed by atoms with Gasteiger partial charge in [-0.1, -0.05) is 42.5 Å². The highest BCUT2D eigenvalue weighted by molar-refractivity contribution is 5.84. The van der Waals surface area contributed by atoms with Gasteiger partial charge in [-0.3, -0.25) is 4.99 Å². The molecule has 0 bridgehead atoms. The Labute approximate surface area is 201 Å². The Morgan fingerprint density at radius 2 is 1.26 bits per heavy atom. The second-order valence-corrected chi connectivity index (χ2v) is 7.94. The summed E-state index contributed by atoms with van der Waals surface area (Å²) in [4.78, 5) is 4.62. The first-order valence-electron chi connectivity index (χ1n) is 11.1. The summed E-state index contributed by atoms with van der Waals surface area (Å²) in [7, 11) is 3.34. The van der Waals surface area contributed by atoms with Gasteiger partial charge < -0.3 is 15.2 Å². The average Bonchev–Trinajstić information content (AvgIpc) is 2.89. The molecular weight excluding hydrogens is 420 g/mol. The van der Waals surface area contributed by atoms with Gasteiger partial charge in [0.25, 0.3) is 0 Å². The van der Waals surface area contributed by atoms with E-state index in [4.69, 9.17) is 15.2 Å². The largest absolute Gasteiger partial charge is 0.497 e. The molecule has 0 aliphatic rings. The fourth-order valence-corrected chi connectivity index (χ4v) is 3.59. The van der Waals surface area contributed by atoms with Crippen LogP contribution in [-0.4, -0.2) is 20.4 Å². The maximum absolute atomic E-state index is 5.88. The zero-order valence-corrected chi connectivity index (χ0v) is 19.4. The van der Waals surface area contributed by atoms with Crippen LogP contribution in [0.25, 0.3) is 11.6 Å². The minimum atomic E-state index is 0.767. The molecule has 170 valence electrons. The van der Waals surface area contributed by atoms with Crippen LogP contribution in [0.5, 0.6) is 11.5 Å². The van der Waals surface area contributed by atoms with E-state index in [0.717, 1.165) is 46.0 Å². The van der Waals surface area contributed by atoms with Gasteiger partial charge >= 0.3 is 0 Å². The van der Waals surface area contributed by atoms with Gasteiger partial charge in [-0.05, 0) is 94.9 Å². The summed E-state index contributed by atoms with van der Waals surface area (Å²) in [5, 5.41) is 0. The number of benzene rings is 4. The lowest BCUT2D eigenvalue weighted by Crippen LogP contribution is -1.93. The molecule has 0 aliphatic carbocycles. The van der Waals surface area contributed by atoms with Crippen molar-refractivity contribution in [3.05, 3.63) is 119 Å². The molecule has 0 aromatic heterocycles. The van der Waals surface area contributed by atoms with Crippen molar-refractivity contribution in [3.63, 3.8) is 0 Å². The predicted octanol–water partition coefficient (Wildman–Crippen LogP) is 6.82. The Bertz CT molecular complexity index is 1260. The van der Waals surface area contributed by atoms with Crippen molar-refractivity contribution in [3.8, 4) is 11.5 Å². The van der Waals surface area contributed by atoms with Gasteiger partial charge in [0.2, 0.25) is 0 Å². The Hall–Kier alpha value is -4.31. The summed E-state index contributed by atoms with van der Waals surface area (Å²) in [5.41, 5.74) is 13.2. The van der Waals surface area contributed by atoms with Gasteiger partial charge in [0.15, 0.2) is 0 Å². The van der Waals surface area contributed by atoms with E-state index in [2.05, 4.69) is 47.5 Å².